The van der Waals surface area contributed by atoms with Crippen molar-refractivity contribution in [3.05, 3.63) is 41.1 Å². The van der Waals surface area contributed by atoms with Crippen molar-refractivity contribution in [3.8, 4) is 11.3 Å². The van der Waals surface area contributed by atoms with Gasteiger partial charge in [0.1, 0.15) is 0 Å². The number of carbonyl (C=O) groups excluding carboxylic acids is 1. The number of nitrogens with zero attached hydrogens (tertiary/aromatic N) is 2. The van der Waals surface area contributed by atoms with Gasteiger partial charge < -0.3 is 10.3 Å². The summed E-state index contributed by atoms with van der Waals surface area (Å²) < 4.78 is 40.6. The zero-order valence-corrected chi connectivity index (χ0v) is 17.4. The highest BCUT2D eigenvalue weighted by atomic mass is 35.5. The molecule has 1 aromatic carbocycles. The van der Waals surface area contributed by atoms with Crippen molar-refractivity contribution in [2.24, 2.45) is 18.7 Å². The molecule has 1 saturated carbocycles. The van der Waals surface area contributed by atoms with Crippen LogP contribution in [0.2, 0.25) is 5.02 Å². The van der Waals surface area contributed by atoms with Gasteiger partial charge >= 0.3 is 0 Å². The standard InChI is InChI=1S/C18H23ClFN5O3S/c1-25-8-16(22-10-25)12-6-14(17(20)15(19)7-12)18(26)23-24-29(27,28)9-11-3-2-4-13(21)5-11/h6-8,10-11,13,24H,2-5,9,21H2,1H3,(H,23,26)/t11-,13+/m0/s1. The molecule has 1 amide bonds. The summed E-state index contributed by atoms with van der Waals surface area (Å²) in [5.74, 6) is -2.13. The van der Waals surface area contributed by atoms with Crippen molar-refractivity contribution in [1.82, 2.24) is 19.8 Å². The normalized spacial score (nSPS) is 19.9. The molecule has 1 aliphatic carbocycles. The Balaban J connectivity index is 1.70. The number of aryl methyl sites for hydroxylation is 1. The van der Waals surface area contributed by atoms with Crippen LogP contribution in [0.25, 0.3) is 11.3 Å². The van der Waals surface area contributed by atoms with Crippen LogP contribution >= 0.6 is 11.6 Å². The molecule has 2 aromatic rings. The largest absolute Gasteiger partial charge is 0.340 e. The number of hydrogen-bond acceptors (Lipinski definition) is 5. The Labute approximate surface area is 173 Å². The molecular weight excluding hydrogens is 421 g/mol. The number of imidazole rings is 1. The van der Waals surface area contributed by atoms with Crippen molar-refractivity contribution in [3.63, 3.8) is 0 Å². The zero-order chi connectivity index (χ0) is 21.2. The van der Waals surface area contributed by atoms with Crippen LogP contribution in [-0.2, 0) is 17.1 Å². The van der Waals surface area contributed by atoms with Crippen LogP contribution in [0.1, 0.15) is 36.0 Å². The molecule has 0 bridgehead atoms. The summed E-state index contributed by atoms with van der Waals surface area (Å²) in [4.78, 5) is 18.6. The highest BCUT2D eigenvalue weighted by Crippen LogP contribution is 2.27. The van der Waals surface area contributed by atoms with Gasteiger partial charge in [0.25, 0.3) is 5.91 Å². The quantitative estimate of drug-likeness (QED) is 0.589. The summed E-state index contributed by atoms with van der Waals surface area (Å²) in [6.07, 6.45) is 6.37. The van der Waals surface area contributed by atoms with E-state index in [1.165, 1.54) is 12.1 Å². The molecule has 0 aliphatic heterocycles. The number of hydrazine groups is 1. The lowest BCUT2D eigenvalue weighted by molar-refractivity contribution is 0.0941. The summed E-state index contributed by atoms with van der Waals surface area (Å²) in [5.41, 5.74) is 8.49. The molecule has 0 saturated heterocycles. The van der Waals surface area contributed by atoms with Crippen LogP contribution in [0.3, 0.4) is 0 Å². The van der Waals surface area contributed by atoms with E-state index in [0.717, 1.165) is 19.3 Å². The Hall–Kier alpha value is -2.01. The first-order valence-corrected chi connectivity index (χ1v) is 11.2. The molecule has 1 aromatic heterocycles. The van der Waals surface area contributed by atoms with Gasteiger partial charge in [-0.15, -0.1) is 4.83 Å². The molecule has 1 aliphatic rings. The van der Waals surface area contributed by atoms with E-state index in [9.17, 15) is 17.6 Å². The number of hydrogen-bond donors (Lipinski definition) is 3. The minimum absolute atomic E-state index is 0.0101. The van der Waals surface area contributed by atoms with E-state index in [2.05, 4.69) is 10.4 Å². The van der Waals surface area contributed by atoms with Crippen LogP contribution in [0, 0.1) is 11.7 Å². The number of amides is 1. The fourth-order valence-corrected chi connectivity index (χ4v) is 4.97. The fraction of sp³-hybridized carbons (Fsp3) is 0.444. The predicted molar refractivity (Wildman–Crippen MR) is 108 cm³/mol. The maximum atomic E-state index is 14.4. The van der Waals surface area contributed by atoms with E-state index in [-0.39, 0.29) is 28.3 Å². The maximum Gasteiger partial charge on any atom is 0.269 e. The average molecular weight is 444 g/mol. The summed E-state index contributed by atoms with van der Waals surface area (Å²) in [5, 5.41) is -0.266. The van der Waals surface area contributed by atoms with Gasteiger partial charge in [0.15, 0.2) is 5.82 Å². The van der Waals surface area contributed by atoms with Crippen molar-refractivity contribution < 1.29 is 17.6 Å². The number of sulfonamides is 1. The molecule has 11 heteroatoms. The molecule has 0 spiro atoms. The summed E-state index contributed by atoms with van der Waals surface area (Å²) in [7, 11) is -2.03. The second-order valence-electron chi connectivity index (χ2n) is 7.37. The summed E-state index contributed by atoms with van der Waals surface area (Å²) in [6, 6.07) is 2.61. The van der Waals surface area contributed by atoms with Crippen LogP contribution in [0.4, 0.5) is 4.39 Å². The Morgan fingerprint density at radius 2 is 2.17 bits per heavy atom. The van der Waals surface area contributed by atoms with Gasteiger partial charge in [0, 0.05) is 24.8 Å². The van der Waals surface area contributed by atoms with Gasteiger partial charge in [-0.1, -0.05) is 18.0 Å². The predicted octanol–water partition coefficient (Wildman–Crippen LogP) is 1.96. The molecule has 158 valence electrons. The monoisotopic (exact) mass is 443 g/mol. The minimum Gasteiger partial charge on any atom is -0.340 e. The number of carbonyl (C=O) groups is 1. The molecule has 29 heavy (non-hydrogen) atoms. The molecular formula is C18H23ClFN5O3S. The third kappa shape index (κ3) is 5.53. The molecule has 8 nitrogen and oxygen atoms in total. The third-order valence-corrected chi connectivity index (χ3v) is 6.47. The van der Waals surface area contributed by atoms with Gasteiger partial charge in [0.2, 0.25) is 10.0 Å². The number of benzene rings is 1. The van der Waals surface area contributed by atoms with E-state index < -0.39 is 21.7 Å². The summed E-state index contributed by atoms with van der Waals surface area (Å²) >= 11 is 5.91. The second kappa shape index (κ2) is 8.78. The number of nitrogens with one attached hydrogen (secondary N) is 2. The van der Waals surface area contributed by atoms with E-state index in [4.69, 9.17) is 17.3 Å². The Morgan fingerprint density at radius 3 is 2.83 bits per heavy atom. The van der Waals surface area contributed by atoms with Crippen LogP contribution in [0.15, 0.2) is 24.7 Å². The minimum atomic E-state index is -3.80. The molecule has 4 N–H and O–H groups in total. The van der Waals surface area contributed by atoms with Gasteiger partial charge in [-0.05, 0) is 37.3 Å². The van der Waals surface area contributed by atoms with Crippen LogP contribution in [-0.4, -0.2) is 35.7 Å². The lowest BCUT2D eigenvalue weighted by Gasteiger charge is -2.26. The first-order valence-electron chi connectivity index (χ1n) is 9.17. The number of halogens is 2. The Kier molecular flexibility index (Phi) is 6.57. The number of nitrogens with two attached hydrogens (primary N) is 1. The summed E-state index contributed by atoms with van der Waals surface area (Å²) in [6.45, 7) is 0. The van der Waals surface area contributed by atoms with E-state index in [0.29, 0.717) is 17.7 Å². The third-order valence-electron chi connectivity index (χ3n) is 4.87. The molecule has 1 fully saturated rings. The first-order chi connectivity index (χ1) is 13.6. The Bertz CT molecular complexity index is 1010. The number of rotatable bonds is 6. The van der Waals surface area contributed by atoms with Crippen LogP contribution in [0.5, 0.6) is 0 Å². The number of aromatic nitrogens is 2. The SMILES string of the molecule is Cn1cnc(-c2cc(Cl)c(F)c(C(=O)NNS(=O)(=O)C[C@H]3CCC[C@@H](N)C3)c2)c1. The maximum absolute atomic E-state index is 14.4. The lowest BCUT2D eigenvalue weighted by atomic mass is 9.87. The van der Waals surface area contributed by atoms with Gasteiger partial charge in [-0.2, -0.15) is 0 Å². The molecule has 0 radical (unpaired) electrons. The lowest BCUT2D eigenvalue weighted by Crippen LogP contribution is -2.44. The van der Waals surface area contributed by atoms with Gasteiger partial charge in [-0.25, -0.2) is 17.8 Å². The zero-order valence-electron chi connectivity index (χ0n) is 15.9. The van der Waals surface area contributed by atoms with Gasteiger partial charge in [0.05, 0.1) is 28.4 Å². The topological polar surface area (TPSA) is 119 Å². The van der Waals surface area contributed by atoms with Crippen molar-refractivity contribution in [1.29, 1.82) is 0 Å². The highest BCUT2D eigenvalue weighted by molar-refractivity contribution is 7.89. The molecule has 0 unspecified atom stereocenters. The van der Waals surface area contributed by atoms with Crippen molar-refractivity contribution in [2.45, 2.75) is 31.7 Å². The van der Waals surface area contributed by atoms with Crippen LogP contribution < -0.4 is 16.0 Å². The highest BCUT2D eigenvalue weighted by Gasteiger charge is 2.26. The average Bonchev–Trinajstić information content (AvgIpc) is 3.08. The molecule has 2 atom stereocenters. The van der Waals surface area contributed by atoms with Crippen molar-refractivity contribution >= 4 is 27.5 Å². The molecule has 3 rings (SSSR count). The van der Waals surface area contributed by atoms with Gasteiger partial charge in [-0.3, -0.25) is 10.2 Å². The smallest absolute Gasteiger partial charge is 0.269 e. The van der Waals surface area contributed by atoms with E-state index in [1.807, 2.05) is 4.83 Å². The fourth-order valence-electron chi connectivity index (χ4n) is 3.49. The van der Waals surface area contributed by atoms with Crippen molar-refractivity contribution in [2.75, 3.05) is 5.75 Å². The second-order valence-corrected chi connectivity index (χ2v) is 9.55. The van der Waals surface area contributed by atoms with E-state index >= 15 is 0 Å². The first kappa shape index (κ1) is 21.7. The Morgan fingerprint density at radius 1 is 1.41 bits per heavy atom. The van der Waals surface area contributed by atoms with E-state index in [1.54, 1.807) is 24.1 Å². The molecule has 1 heterocycles.